The molecule has 2 N–H and O–H groups in total. The van der Waals surface area contributed by atoms with Crippen LogP contribution in [0.25, 0.3) is 0 Å². The number of nitrogens with zero attached hydrogens (tertiary/aromatic N) is 2. The maximum absolute atomic E-state index is 11.8. The molecule has 0 bridgehead atoms. The molecule has 20 heavy (non-hydrogen) atoms. The standard InChI is InChI=1S/C13H21N3O3S/c1-10(3-4-12(17)18)5-6-14-13(19)16(2)7-11-8-20-9-15-11/h8-10H,3-7H2,1-2H3,(H,14,19)(H,17,18). The topological polar surface area (TPSA) is 82.5 Å². The first kappa shape index (κ1) is 16.4. The van der Waals surface area contributed by atoms with E-state index in [0.717, 1.165) is 12.1 Å². The molecule has 112 valence electrons. The summed E-state index contributed by atoms with van der Waals surface area (Å²) in [5, 5.41) is 13.3. The van der Waals surface area contributed by atoms with E-state index in [1.165, 1.54) is 11.3 Å². The van der Waals surface area contributed by atoms with Crippen LogP contribution in [-0.4, -0.2) is 40.6 Å². The third kappa shape index (κ3) is 6.51. The Morgan fingerprint density at radius 1 is 1.50 bits per heavy atom. The van der Waals surface area contributed by atoms with Gasteiger partial charge in [-0.05, 0) is 18.8 Å². The Bertz CT molecular complexity index is 423. The van der Waals surface area contributed by atoms with E-state index in [2.05, 4.69) is 10.3 Å². The molecule has 0 saturated heterocycles. The van der Waals surface area contributed by atoms with Gasteiger partial charge in [-0.1, -0.05) is 6.92 Å². The summed E-state index contributed by atoms with van der Waals surface area (Å²) in [6.45, 7) is 3.04. The van der Waals surface area contributed by atoms with Gasteiger partial charge >= 0.3 is 12.0 Å². The lowest BCUT2D eigenvalue weighted by atomic mass is 10.0. The second kappa shape index (κ2) is 8.52. The zero-order valence-corrected chi connectivity index (χ0v) is 12.7. The van der Waals surface area contributed by atoms with Crippen LogP contribution in [0.2, 0.25) is 0 Å². The van der Waals surface area contributed by atoms with Gasteiger partial charge in [-0.15, -0.1) is 11.3 Å². The van der Waals surface area contributed by atoms with Crippen LogP contribution in [0.15, 0.2) is 10.9 Å². The second-order valence-electron chi connectivity index (χ2n) is 4.89. The number of urea groups is 1. The van der Waals surface area contributed by atoms with E-state index in [9.17, 15) is 9.59 Å². The molecule has 1 aromatic rings. The average Bonchev–Trinajstić information content (AvgIpc) is 2.89. The highest BCUT2D eigenvalue weighted by Crippen LogP contribution is 2.09. The van der Waals surface area contributed by atoms with Crippen molar-refractivity contribution in [3.63, 3.8) is 0 Å². The number of thiazole rings is 1. The SMILES string of the molecule is CC(CCNC(=O)N(C)Cc1cscn1)CCC(=O)O. The number of aromatic nitrogens is 1. The summed E-state index contributed by atoms with van der Waals surface area (Å²) in [5.74, 6) is -0.487. The van der Waals surface area contributed by atoms with Gasteiger partial charge < -0.3 is 15.3 Å². The Morgan fingerprint density at radius 3 is 2.85 bits per heavy atom. The lowest BCUT2D eigenvalue weighted by Gasteiger charge is -2.17. The van der Waals surface area contributed by atoms with E-state index in [1.807, 2.05) is 12.3 Å². The summed E-state index contributed by atoms with van der Waals surface area (Å²) in [5.41, 5.74) is 2.62. The summed E-state index contributed by atoms with van der Waals surface area (Å²) < 4.78 is 0. The van der Waals surface area contributed by atoms with Crippen LogP contribution in [0.5, 0.6) is 0 Å². The fourth-order valence-corrected chi connectivity index (χ4v) is 2.25. The van der Waals surface area contributed by atoms with Crippen molar-refractivity contribution in [2.75, 3.05) is 13.6 Å². The number of carbonyl (C=O) groups is 2. The molecule has 0 aliphatic rings. The highest BCUT2D eigenvalue weighted by atomic mass is 32.1. The van der Waals surface area contributed by atoms with Crippen LogP contribution < -0.4 is 5.32 Å². The summed E-state index contributed by atoms with van der Waals surface area (Å²) in [6.07, 6.45) is 1.60. The molecule has 2 amide bonds. The van der Waals surface area contributed by atoms with Crippen molar-refractivity contribution < 1.29 is 14.7 Å². The highest BCUT2D eigenvalue weighted by molar-refractivity contribution is 7.07. The van der Waals surface area contributed by atoms with Gasteiger partial charge in [0.25, 0.3) is 0 Å². The van der Waals surface area contributed by atoms with Crippen LogP contribution in [0.4, 0.5) is 4.79 Å². The van der Waals surface area contributed by atoms with Crippen LogP contribution in [-0.2, 0) is 11.3 Å². The first-order chi connectivity index (χ1) is 9.49. The van der Waals surface area contributed by atoms with Crippen LogP contribution in [0.1, 0.15) is 31.9 Å². The van der Waals surface area contributed by atoms with Gasteiger partial charge in [-0.2, -0.15) is 0 Å². The Labute approximate surface area is 122 Å². The minimum Gasteiger partial charge on any atom is -0.481 e. The van der Waals surface area contributed by atoms with Gasteiger partial charge in [-0.25, -0.2) is 9.78 Å². The summed E-state index contributed by atoms with van der Waals surface area (Å²) >= 11 is 1.51. The van der Waals surface area contributed by atoms with Crippen LogP contribution >= 0.6 is 11.3 Å². The monoisotopic (exact) mass is 299 g/mol. The maximum Gasteiger partial charge on any atom is 0.317 e. The van der Waals surface area contributed by atoms with Gasteiger partial charge in [0.15, 0.2) is 0 Å². The third-order valence-corrected chi connectivity index (χ3v) is 3.63. The molecule has 1 rings (SSSR count). The van der Waals surface area contributed by atoms with E-state index in [4.69, 9.17) is 5.11 Å². The van der Waals surface area contributed by atoms with E-state index in [1.54, 1.807) is 17.5 Å². The molecule has 0 spiro atoms. The molecule has 7 heteroatoms. The van der Waals surface area contributed by atoms with Crippen molar-refractivity contribution in [3.8, 4) is 0 Å². The van der Waals surface area contributed by atoms with Crippen molar-refractivity contribution in [1.29, 1.82) is 0 Å². The molecule has 0 aliphatic heterocycles. The van der Waals surface area contributed by atoms with Gasteiger partial charge in [0.1, 0.15) is 0 Å². The maximum atomic E-state index is 11.8. The molecule has 1 atom stereocenters. The fourth-order valence-electron chi connectivity index (χ4n) is 1.71. The first-order valence-corrected chi connectivity index (χ1v) is 7.51. The number of carboxylic acids is 1. The minimum atomic E-state index is -0.774. The average molecular weight is 299 g/mol. The fraction of sp³-hybridized carbons (Fsp3) is 0.615. The molecule has 0 aliphatic carbocycles. The summed E-state index contributed by atoms with van der Waals surface area (Å²) in [7, 11) is 1.72. The van der Waals surface area contributed by atoms with E-state index in [0.29, 0.717) is 19.5 Å². The second-order valence-corrected chi connectivity index (χ2v) is 5.61. The van der Waals surface area contributed by atoms with E-state index < -0.39 is 5.97 Å². The summed E-state index contributed by atoms with van der Waals surface area (Å²) in [6, 6.07) is -0.136. The largest absolute Gasteiger partial charge is 0.481 e. The molecule has 0 saturated carbocycles. The zero-order valence-electron chi connectivity index (χ0n) is 11.8. The molecule has 0 fully saturated rings. The number of rotatable bonds is 8. The van der Waals surface area contributed by atoms with Crippen molar-refractivity contribution >= 4 is 23.3 Å². The Kier molecular flexibility index (Phi) is 7.00. The number of nitrogens with one attached hydrogen (secondary N) is 1. The molecule has 1 aromatic heterocycles. The number of carbonyl (C=O) groups excluding carboxylic acids is 1. The molecular weight excluding hydrogens is 278 g/mol. The van der Waals surface area contributed by atoms with Gasteiger partial charge in [0, 0.05) is 25.4 Å². The molecule has 0 radical (unpaired) electrons. The van der Waals surface area contributed by atoms with Crippen LogP contribution in [0.3, 0.4) is 0 Å². The van der Waals surface area contributed by atoms with E-state index >= 15 is 0 Å². The van der Waals surface area contributed by atoms with Gasteiger partial charge in [-0.3, -0.25) is 4.79 Å². The highest BCUT2D eigenvalue weighted by Gasteiger charge is 2.10. The molecular formula is C13H21N3O3S. The number of hydrogen-bond acceptors (Lipinski definition) is 4. The summed E-state index contributed by atoms with van der Waals surface area (Å²) in [4.78, 5) is 28.0. The quantitative estimate of drug-likeness (QED) is 0.770. The molecule has 0 aromatic carbocycles. The van der Waals surface area contributed by atoms with Gasteiger partial charge in [0.2, 0.25) is 0 Å². The Hall–Kier alpha value is -1.63. The number of aliphatic carboxylic acids is 1. The normalized spacial score (nSPS) is 11.9. The number of carboxylic acid groups (broad SMARTS) is 1. The third-order valence-electron chi connectivity index (χ3n) is 2.99. The number of hydrogen-bond donors (Lipinski definition) is 2. The van der Waals surface area contributed by atoms with Gasteiger partial charge in [0.05, 0.1) is 17.7 Å². The van der Waals surface area contributed by atoms with Crippen molar-refractivity contribution in [2.45, 2.75) is 32.7 Å². The molecule has 1 unspecified atom stereocenters. The number of amides is 2. The predicted molar refractivity (Wildman–Crippen MR) is 77.6 cm³/mol. The predicted octanol–water partition coefficient (Wildman–Crippen LogP) is 2.18. The smallest absolute Gasteiger partial charge is 0.317 e. The minimum absolute atomic E-state index is 0.136. The van der Waals surface area contributed by atoms with Crippen LogP contribution in [0, 0.1) is 5.92 Å². The first-order valence-electron chi connectivity index (χ1n) is 6.57. The lowest BCUT2D eigenvalue weighted by molar-refractivity contribution is -0.137. The Balaban J connectivity index is 2.17. The van der Waals surface area contributed by atoms with E-state index in [-0.39, 0.29) is 18.4 Å². The lowest BCUT2D eigenvalue weighted by Crippen LogP contribution is -2.37. The molecule has 1 heterocycles. The van der Waals surface area contributed by atoms with Crippen molar-refractivity contribution in [3.05, 3.63) is 16.6 Å². The Morgan fingerprint density at radius 2 is 2.25 bits per heavy atom. The van der Waals surface area contributed by atoms with Crippen molar-refractivity contribution in [2.24, 2.45) is 5.92 Å². The molecule has 6 nitrogen and oxygen atoms in total. The zero-order chi connectivity index (χ0) is 15.0. The van der Waals surface area contributed by atoms with Crippen molar-refractivity contribution in [1.82, 2.24) is 15.2 Å².